The van der Waals surface area contributed by atoms with Gasteiger partial charge in [0.05, 0.1) is 11.1 Å². The van der Waals surface area contributed by atoms with Gasteiger partial charge in [-0.25, -0.2) is 18.6 Å². The summed E-state index contributed by atoms with van der Waals surface area (Å²) in [6, 6.07) is 8.51. The molecule has 1 heterocycles. The monoisotopic (exact) mass is 553 g/mol. The standard InChI is InChI=1S/C25H17BrF5NO3/c26-17-5-4-13(22(28)10-17)12-35-23-21(9-16(11-32-23)25(29,30)31)20-3-1-2-19(20)14-6-15(24(33)34)8-18(27)7-14/h4-11H,1-3,12H2,(H,33,34). The number of hydrogen-bond donors (Lipinski definition) is 1. The molecule has 2 aromatic carbocycles. The Balaban J connectivity index is 1.81. The van der Waals surface area contributed by atoms with Crippen LogP contribution in [0.2, 0.25) is 0 Å². The van der Waals surface area contributed by atoms with Crippen LogP contribution < -0.4 is 4.74 Å². The molecule has 3 aromatic rings. The van der Waals surface area contributed by atoms with E-state index in [1.54, 1.807) is 6.07 Å². The Morgan fingerprint density at radius 3 is 2.49 bits per heavy atom. The molecule has 0 unspecified atom stereocenters. The van der Waals surface area contributed by atoms with Crippen LogP contribution in [-0.2, 0) is 12.8 Å². The lowest BCUT2D eigenvalue weighted by molar-refractivity contribution is -0.137. The van der Waals surface area contributed by atoms with Gasteiger partial charge in [0.15, 0.2) is 0 Å². The third kappa shape index (κ3) is 5.53. The Labute approximate surface area is 205 Å². The van der Waals surface area contributed by atoms with Gasteiger partial charge in [-0.1, -0.05) is 22.0 Å². The van der Waals surface area contributed by atoms with Gasteiger partial charge in [0.25, 0.3) is 0 Å². The Hall–Kier alpha value is -3.27. The number of benzene rings is 2. The number of rotatable bonds is 6. The molecule has 1 aromatic heterocycles. The highest BCUT2D eigenvalue weighted by atomic mass is 79.9. The van der Waals surface area contributed by atoms with E-state index in [0.29, 0.717) is 41.1 Å². The Bertz CT molecular complexity index is 1340. The lowest BCUT2D eigenvalue weighted by Gasteiger charge is -2.16. The topological polar surface area (TPSA) is 59.4 Å². The van der Waals surface area contributed by atoms with E-state index in [9.17, 15) is 31.9 Å². The fraction of sp³-hybridized carbons (Fsp3) is 0.200. The Kier molecular flexibility index (Phi) is 6.93. The van der Waals surface area contributed by atoms with Crippen LogP contribution >= 0.6 is 15.9 Å². The second-order valence-electron chi connectivity index (χ2n) is 7.94. The number of hydrogen-bond acceptors (Lipinski definition) is 3. The number of carboxylic acid groups (broad SMARTS) is 1. The first-order chi connectivity index (χ1) is 16.5. The van der Waals surface area contributed by atoms with Crippen molar-refractivity contribution < 1.29 is 36.6 Å². The van der Waals surface area contributed by atoms with Crippen molar-refractivity contribution in [2.75, 3.05) is 0 Å². The van der Waals surface area contributed by atoms with Crippen molar-refractivity contribution in [3.63, 3.8) is 0 Å². The third-order valence-corrected chi connectivity index (χ3v) is 6.09. The molecule has 4 rings (SSSR count). The highest BCUT2D eigenvalue weighted by molar-refractivity contribution is 9.10. The van der Waals surface area contributed by atoms with Crippen LogP contribution in [0.15, 0.2) is 53.1 Å². The molecule has 0 bridgehead atoms. The smallest absolute Gasteiger partial charge is 0.417 e. The number of allylic oxidation sites excluding steroid dienone is 2. The number of ether oxygens (including phenoxy) is 1. The summed E-state index contributed by atoms with van der Waals surface area (Å²) in [5.41, 5.74) is 0.160. The van der Waals surface area contributed by atoms with E-state index in [1.165, 1.54) is 18.2 Å². The molecule has 0 radical (unpaired) electrons. The molecule has 4 nitrogen and oxygen atoms in total. The predicted octanol–water partition coefficient (Wildman–Crippen LogP) is 7.51. The first kappa shape index (κ1) is 24.8. The minimum atomic E-state index is -4.67. The number of aromatic carboxylic acids is 1. The summed E-state index contributed by atoms with van der Waals surface area (Å²) in [6.07, 6.45) is -2.74. The van der Waals surface area contributed by atoms with E-state index >= 15 is 0 Å². The van der Waals surface area contributed by atoms with E-state index < -0.39 is 29.3 Å². The van der Waals surface area contributed by atoms with Gasteiger partial charge in [-0.3, -0.25) is 0 Å². The highest BCUT2D eigenvalue weighted by Crippen LogP contribution is 2.44. The summed E-state index contributed by atoms with van der Waals surface area (Å²) in [5, 5.41) is 9.28. The quantitative estimate of drug-likeness (QED) is 0.321. The summed E-state index contributed by atoms with van der Waals surface area (Å²) in [5.74, 6) is -2.80. The zero-order valence-electron chi connectivity index (χ0n) is 17.9. The van der Waals surface area contributed by atoms with E-state index in [-0.39, 0.29) is 34.7 Å². The molecular weight excluding hydrogens is 537 g/mol. The third-order valence-electron chi connectivity index (χ3n) is 5.59. The van der Waals surface area contributed by atoms with Gasteiger partial charge in [0.1, 0.15) is 18.2 Å². The fourth-order valence-electron chi connectivity index (χ4n) is 3.97. The molecule has 0 fully saturated rings. The van der Waals surface area contributed by atoms with Crippen LogP contribution in [0.25, 0.3) is 11.1 Å². The number of alkyl halides is 3. The number of halogens is 6. The molecule has 0 saturated heterocycles. The Morgan fingerprint density at radius 1 is 1.06 bits per heavy atom. The summed E-state index contributed by atoms with van der Waals surface area (Å²) in [7, 11) is 0. The maximum Gasteiger partial charge on any atom is 0.417 e. The lowest BCUT2D eigenvalue weighted by Crippen LogP contribution is -2.09. The van der Waals surface area contributed by atoms with Crippen molar-refractivity contribution in [1.29, 1.82) is 0 Å². The maximum absolute atomic E-state index is 14.2. The van der Waals surface area contributed by atoms with Gasteiger partial charge in [0.2, 0.25) is 5.88 Å². The first-order valence-electron chi connectivity index (χ1n) is 10.4. The molecule has 35 heavy (non-hydrogen) atoms. The van der Waals surface area contributed by atoms with Crippen LogP contribution in [0, 0.1) is 11.6 Å². The molecule has 182 valence electrons. The average Bonchev–Trinajstić information content (AvgIpc) is 3.27. The largest absolute Gasteiger partial charge is 0.478 e. The van der Waals surface area contributed by atoms with Crippen LogP contribution in [0.3, 0.4) is 0 Å². The molecule has 0 saturated carbocycles. The van der Waals surface area contributed by atoms with Crippen molar-refractivity contribution in [3.8, 4) is 5.88 Å². The van der Waals surface area contributed by atoms with E-state index in [2.05, 4.69) is 20.9 Å². The number of carbonyl (C=O) groups is 1. The van der Waals surface area contributed by atoms with Crippen molar-refractivity contribution in [3.05, 3.63) is 92.6 Å². The summed E-state index contributed by atoms with van der Waals surface area (Å²) >= 11 is 3.15. The molecule has 1 aliphatic rings. The van der Waals surface area contributed by atoms with Gasteiger partial charge in [-0.2, -0.15) is 13.2 Å². The predicted molar refractivity (Wildman–Crippen MR) is 122 cm³/mol. The molecule has 0 atom stereocenters. The van der Waals surface area contributed by atoms with Gasteiger partial charge in [-0.15, -0.1) is 0 Å². The summed E-state index contributed by atoms with van der Waals surface area (Å²) in [4.78, 5) is 15.2. The summed E-state index contributed by atoms with van der Waals surface area (Å²) in [6.45, 7) is -0.282. The normalized spacial score (nSPS) is 13.9. The fourth-order valence-corrected chi connectivity index (χ4v) is 4.30. The van der Waals surface area contributed by atoms with E-state index in [1.807, 2.05) is 0 Å². The van der Waals surface area contributed by atoms with Crippen molar-refractivity contribution in [2.45, 2.75) is 32.0 Å². The number of carboxylic acids is 1. The lowest BCUT2D eigenvalue weighted by atomic mass is 9.95. The second-order valence-corrected chi connectivity index (χ2v) is 8.86. The average molecular weight is 554 g/mol. The summed E-state index contributed by atoms with van der Waals surface area (Å²) < 4.78 is 75.0. The molecule has 0 amide bonds. The van der Waals surface area contributed by atoms with Gasteiger partial charge in [-0.05, 0) is 72.4 Å². The number of pyridine rings is 1. The van der Waals surface area contributed by atoms with Crippen LogP contribution in [0.4, 0.5) is 22.0 Å². The molecule has 0 spiro atoms. The molecule has 10 heteroatoms. The minimum absolute atomic E-state index is 0.0472. The van der Waals surface area contributed by atoms with Crippen molar-refractivity contribution >= 4 is 33.0 Å². The molecule has 1 aliphatic carbocycles. The molecule has 1 N–H and O–H groups in total. The Morgan fingerprint density at radius 2 is 1.80 bits per heavy atom. The minimum Gasteiger partial charge on any atom is -0.478 e. The van der Waals surface area contributed by atoms with Gasteiger partial charge >= 0.3 is 12.1 Å². The zero-order valence-corrected chi connectivity index (χ0v) is 19.5. The zero-order chi connectivity index (χ0) is 25.3. The van der Waals surface area contributed by atoms with E-state index in [0.717, 1.165) is 18.2 Å². The van der Waals surface area contributed by atoms with Crippen LogP contribution in [0.1, 0.15) is 51.9 Å². The molecular formula is C25H17BrF5NO3. The highest BCUT2D eigenvalue weighted by Gasteiger charge is 2.33. The second kappa shape index (κ2) is 9.77. The van der Waals surface area contributed by atoms with Crippen LogP contribution in [-0.4, -0.2) is 16.1 Å². The number of aromatic nitrogens is 1. The van der Waals surface area contributed by atoms with Crippen molar-refractivity contribution in [1.82, 2.24) is 4.98 Å². The van der Waals surface area contributed by atoms with E-state index in [4.69, 9.17) is 4.74 Å². The van der Waals surface area contributed by atoms with Crippen molar-refractivity contribution in [2.24, 2.45) is 0 Å². The first-order valence-corrected chi connectivity index (χ1v) is 11.2. The molecule has 0 aliphatic heterocycles. The van der Waals surface area contributed by atoms with Crippen LogP contribution in [0.5, 0.6) is 5.88 Å². The SMILES string of the molecule is O=C(O)c1cc(F)cc(C2=C(c3cc(C(F)(F)F)cnc3OCc3ccc(Br)cc3F)CCC2)c1. The maximum atomic E-state index is 14.2. The van der Waals surface area contributed by atoms with Gasteiger partial charge in [0, 0.05) is 21.8 Å². The van der Waals surface area contributed by atoms with Gasteiger partial charge < -0.3 is 9.84 Å². The number of nitrogens with zero attached hydrogens (tertiary/aromatic N) is 1.